The van der Waals surface area contributed by atoms with Crippen molar-refractivity contribution >= 4 is 21.6 Å². The van der Waals surface area contributed by atoms with Gasteiger partial charge in [-0.05, 0) is 58.6 Å². The fraction of sp³-hybridized carbons (Fsp3) is 0.435. The molecule has 1 aliphatic heterocycles. The van der Waals surface area contributed by atoms with Gasteiger partial charge in [0.2, 0.25) is 0 Å². The maximum absolute atomic E-state index is 5.00. The average molecular weight is 441 g/mol. The monoisotopic (exact) mass is 440 g/mol. The third-order valence-corrected chi connectivity index (χ3v) is 5.98. The zero-order chi connectivity index (χ0) is 19.7. The van der Waals surface area contributed by atoms with Gasteiger partial charge in [-0.3, -0.25) is 4.90 Å². The number of aromatic nitrogens is 2. The Balaban J connectivity index is 1.76. The summed E-state index contributed by atoms with van der Waals surface area (Å²) in [5, 5.41) is 3.50. The second kappa shape index (κ2) is 7.97. The van der Waals surface area contributed by atoms with Crippen LogP contribution in [0.25, 0.3) is 16.9 Å². The van der Waals surface area contributed by atoms with Crippen LogP contribution in [0.15, 0.2) is 47.1 Å². The Labute approximate surface area is 176 Å². The van der Waals surface area contributed by atoms with Crippen LogP contribution in [0.4, 0.5) is 0 Å². The molecule has 0 unspecified atom stereocenters. The van der Waals surface area contributed by atoms with Gasteiger partial charge in [0.1, 0.15) is 5.65 Å². The summed E-state index contributed by atoms with van der Waals surface area (Å²) in [6.07, 6.45) is 3.33. The number of fused-ring (bicyclic) bond motifs is 1. The molecule has 1 aliphatic rings. The van der Waals surface area contributed by atoms with Crippen LogP contribution < -0.4 is 5.32 Å². The van der Waals surface area contributed by atoms with Crippen molar-refractivity contribution in [1.82, 2.24) is 19.6 Å². The standard InChI is InChI=1S/C23H29BrN4/c1-23(2,3)18-7-5-17(6-8-18)22-20(16-27-13-4-11-25-12-14-27)28-15-19(24)9-10-21(28)26-22/h5-10,15,25H,4,11-14,16H2,1-3H3. The molecule has 1 fully saturated rings. The van der Waals surface area contributed by atoms with E-state index in [4.69, 9.17) is 4.98 Å². The van der Waals surface area contributed by atoms with Crippen molar-refractivity contribution in [3.05, 3.63) is 58.3 Å². The SMILES string of the molecule is CC(C)(C)c1ccc(-c2nc3ccc(Br)cn3c2CN2CCCNCC2)cc1. The Morgan fingerprint density at radius 1 is 1.04 bits per heavy atom. The molecule has 4 nitrogen and oxygen atoms in total. The number of hydrogen-bond acceptors (Lipinski definition) is 3. The molecule has 0 amide bonds. The minimum Gasteiger partial charge on any atom is -0.315 e. The molecular formula is C23H29BrN4. The quantitative estimate of drug-likeness (QED) is 0.631. The van der Waals surface area contributed by atoms with Gasteiger partial charge in [-0.2, -0.15) is 0 Å². The smallest absolute Gasteiger partial charge is 0.137 e. The van der Waals surface area contributed by atoms with Crippen molar-refractivity contribution in [3.63, 3.8) is 0 Å². The predicted octanol–water partition coefficient (Wildman–Crippen LogP) is 4.86. The predicted molar refractivity (Wildman–Crippen MR) is 120 cm³/mol. The molecule has 1 aromatic carbocycles. The van der Waals surface area contributed by atoms with E-state index in [2.05, 4.69) is 93.9 Å². The van der Waals surface area contributed by atoms with Crippen molar-refractivity contribution in [2.24, 2.45) is 0 Å². The van der Waals surface area contributed by atoms with Crippen LogP contribution in [-0.4, -0.2) is 40.5 Å². The number of nitrogens with one attached hydrogen (secondary N) is 1. The van der Waals surface area contributed by atoms with Gasteiger partial charge in [-0.25, -0.2) is 4.98 Å². The highest BCUT2D eigenvalue weighted by atomic mass is 79.9. The third kappa shape index (κ3) is 4.17. The number of pyridine rings is 1. The van der Waals surface area contributed by atoms with E-state index >= 15 is 0 Å². The van der Waals surface area contributed by atoms with E-state index in [1.165, 1.54) is 23.2 Å². The lowest BCUT2D eigenvalue weighted by molar-refractivity contribution is 0.281. The molecule has 0 radical (unpaired) electrons. The number of benzene rings is 1. The van der Waals surface area contributed by atoms with E-state index in [9.17, 15) is 0 Å². The molecule has 0 aliphatic carbocycles. The summed E-state index contributed by atoms with van der Waals surface area (Å²) in [6, 6.07) is 13.1. The highest BCUT2D eigenvalue weighted by Crippen LogP contribution is 2.30. The maximum atomic E-state index is 5.00. The number of nitrogens with zero attached hydrogens (tertiary/aromatic N) is 3. The Kier molecular flexibility index (Phi) is 5.59. The summed E-state index contributed by atoms with van der Waals surface area (Å²) < 4.78 is 3.32. The summed E-state index contributed by atoms with van der Waals surface area (Å²) >= 11 is 3.63. The number of hydrogen-bond donors (Lipinski definition) is 1. The van der Waals surface area contributed by atoms with E-state index < -0.39 is 0 Å². The number of imidazole rings is 1. The van der Waals surface area contributed by atoms with Gasteiger partial charge >= 0.3 is 0 Å². The van der Waals surface area contributed by atoms with E-state index in [0.717, 1.165) is 48.5 Å². The first kappa shape index (κ1) is 19.6. The van der Waals surface area contributed by atoms with Crippen molar-refractivity contribution in [1.29, 1.82) is 0 Å². The van der Waals surface area contributed by atoms with Crippen LogP contribution in [-0.2, 0) is 12.0 Å². The second-order valence-electron chi connectivity index (χ2n) is 8.69. The summed E-state index contributed by atoms with van der Waals surface area (Å²) in [5.74, 6) is 0. The molecule has 0 saturated carbocycles. The molecule has 0 bridgehead atoms. The van der Waals surface area contributed by atoms with Crippen molar-refractivity contribution in [2.45, 2.75) is 39.2 Å². The average Bonchev–Trinajstić information content (AvgIpc) is 2.83. The van der Waals surface area contributed by atoms with Crippen molar-refractivity contribution in [3.8, 4) is 11.3 Å². The van der Waals surface area contributed by atoms with Gasteiger partial charge in [-0.15, -0.1) is 0 Å². The van der Waals surface area contributed by atoms with Crippen LogP contribution >= 0.6 is 15.9 Å². The van der Waals surface area contributed by atoms with Gasteiger partial charge < -0.3 is 9.72 Å². The van der Waals surface area contributed by atoms with Crippen molar-refractivity contribution in [2.75, 3.05) is 26.2 Å². The molecule has 0 atom stereocenters. The summed E-state index contributed by atoms with van der Waals surface area (Å²) in [6.45, 7) is 12.0. The van der Waals surface area contributed by atoms with Crippen LogP contribution in [0.5, 0.6) is 0 Å². The van der Waals surface area contributed by atoms with Gasteiger partial charge in [0, 0.05) is 35.9 Å². The van der Waals surface area contributed by atoms with E-state index in [0.29, 0.717) is 0 Å². The van der Waals surface area contributed by atoms with Crippen LogP contribution in [0.3, 0.4) is 0 Å². The number of rotatable bonds is 3. The van der Waals surface area contributed by atoms with Crippen LogP contribution in [0.1, 0.15) is 38.4 Å². The lowest BCUT2D eigenvalue weighted by atomic mass is 9.86. The van der Waals surface area contributed by atoms with Crippen LogP contribution in [0, 0.1) is 0 Å². The molecule has 28 heavy (non-hydrogen) atoms. The third-order valence-electron chi connectivity index (χ3n) is 5.51. The molecule has 2 aromatic heterocycles. The fourth-order valence-electron chi connectivity index (χ4n) is 3.85. The Hall–Kier alpha value is -1.69. The summed E-state index contributed by atoms with van der Waals surface area (Å²) in [7, 11) is 0. The van der Waals surface area contributed by atoms with Gasteiger partial charge in [0.25, 0.3) is 0 Å². The Morgan fingerprint density at radius 3 is 2.57 bits per heavy atom. The first-order chi connectivity index (χ1) is 13.4. The molecule has 5 heteroatoms. The molecule has 3 heterocycles. The molecular weight excluding hydrogens is 412 g/mol. The zero-order valence-corrected chi connectivity index (χ0v) is 18.6. The van der Waals surface area contributed by atoms with E-state index in [1.807, 2.05) is 0 Å². The second-order valence-corrected chi connectivity index (χ2v) is 9.61. The largest absolute Gasteiger partial charge is 0.315 e. The molecule has 148 valence electrons. The molecule has 3 aromatic rings. The van der Waals surface area contributed by atoms with E-state index in [-0.39, 0.29) is 5.41 Å². The van der Waals surface area contributed by atoms with Crippen molar-refractivity contribution < 1.29 is 0 Å². The summed E-state index contributed by atoms with van der Waals surface area (Å²) in [4.78, 5) is 7.54. The highest BCUT2D eigenvalue weighted by molar-refractivity contribution is 9.10. The topological polar surface area (TPSA) is 32.6 Å². The van der Waals surface area contributed by atoms with Gasteiger partial charge in [-0.1, -0.05) is 45.0 Å². The van der Waals surface area contributed by atoms with E-state index in [1.54, 1.807) is 0 Å². The minimum absolute atomic E-state index is 0.157. The minimum atomic E-state index is 0.157. The Morgan fingerprint density at radius 2 is 1.82 bits per heavy atom. The molecule has 0 spiro atoms. The maximum Gasteiger partial charge on any atom is 0.137 e. The van der Waals surface area contributed by atoms with Crippen LogP contribution in [0.2, 0.25) is 0 Å². The van der Waals surface area contributed by atoms with Gasteiger partial charge in [0.15, 0.2) is 0 Å². The number of halogens is 1. The normalized spacial score (nSPS) is 16.4. The molecule has 4 rings (SSSR count). The first-order valence-electron chi connectivity index (χ1n) is 10.1. The Bertz CT molecular complexity index is 945. The zero-order valence-electron chi connectivity index (χ0n) is 17.0. The van der Waals surface area contributed by atoms with Gasteiger partial charge in [0.05, 0.1) is 11.4 Å². The lowest BCUT2D eigenvalue weighted by Crippen LogP contribution is -2.28. The highest BCUT2D eigenvalue weighted by Gasteiger charge is 2.19. The summed E-state index contributed by atoms with van der Waals surface area (Å²) in [5.41, 5.74) is 6.06. The first-order valence-corrected chi connectivity index (χ1v) is 10.9. The molecule has 1 N–H and O–H groups in total. The fourth-order valence-corrected chi connectivity index (χ4v) is 4.19. The lowest BCUT2D eigenvalue weighted by Gasteiger charge is -2.21. The molecule has 1 saturated heterocycles.